The average Bonchev–Trinajstić information content (AvgIpc) is 2.63. The number of nitrogens with zero attached hydrogens (tertiary/aromatic N) is 3. The van der Waals surface area contributed by atoms with E-state index in [9.17, 15) is 4.39 Å². The second-order valence-electron chi connectivity index (χ2n) is 5.08. The van der Waals surface area contributed by atoms with Gasteiger partial charge in [0, 0.05) is 17.8 Å². The first kappa shape index (κ1) is 16.9. The first-order chi connectivity index (χ1) is 12.2. The number of benzene rings is 2. The molecule has 0 radical (unpaired) electrons. The van der Waals surface area contributed by atoms with E-state index in [1.54, 1.807) is 13.2 Å². The van der Waals surface area contributed by atoms with E-state index >= 15 is 0 Å². The third-order valence-electron chi connectivity index (χ3n) is 3.38. The Bertz CT molecular complexity index is 877. The van der Waals surface area contributed by atoms with Gasteiger partial charge in [0.15, 0.2) is 5.82 Å². The van der Waals surface area contributed by atoms with Gasteiger partial charge in [-0.15, -0.1) is 5.10 Å². The van der Waals surface area contributed by atoms with Crippen LogP contribution in [-0.2, 0) is 6.54 Å². The maximum Gasteiger partial charge on any atom is 0.244 e. The first-order valence-electron chi connectivity index (χ1n) is 7.43. The second kappa shape index (κ2) is 7.76. The minimum atomic E-state index is -0.479. The number of rotatable bonds is 6. The van der Waals surface area contributed by atoms with E-state index in [-0.39, 0.29) is 5.02 Å². The van der Waals surface area contributed by atoms with Crippen LogP contribution in [0.5, 0.6) is 5.75 Å². The molecule has 128 valence electrons. The summed E-state index contributed by atoms with van der Waals surface area (Å²) in [6.45, 7) is 0.484. The van der Waals surface area contributed by atoms with E-state index < -0.39 is 5.82 Å². The molecule has 3 rings (SSSR count). The van der Waals surface area contributed by atoms with Gasteiger partial charge in [-0.3, -0.25) is 0 Å². The molecule has 1 heterocycles. The van der Waals surface area contributed by atoms with E-state index in [2.05, 4.69) is 25.8 Å². The zero-order valence-corrected chi connectivity index (χ0v) is 14.1. The summed E-state index contributed by atoms with van der Waals surface area (Å²) in [7, 11) is 1.62. The van der Waals surface area contributed by atoms with Gasteiger partial charge in [0.1, 0.15) is 11.6 Å². The molecule has 0 aliphatic carbocycles. The molecule has 2 N–H and O–H groups in total. The number of anilines is 3. The van der Waals surface area contributed by atoms with Crippen molar-refractivity contribution in [3.8, 4) is 5.75 Å². The molecule has 25 heavy (non-hydrogen) atoms. The summed E-state index contributed by atoms with van der Waals surface area (Å²) < 4.78 is 18.5. The lowest BCUT2D eigenvalue weighted by Gasteiger charge is -2.10. The predicted molar refractivity (Wildman–Crippen MR) is 94.8 cm³/mol. The number of hydrogen-bond acceptors (Lipinski definition) is 6. The van der Waals surface area contributed by atoms with Gasteiger partial charge in [-0.05, 0) is 24.3 Å². The Kier molecular flexibility index (Phi) is 5.25. The largest absolute Gasteiger partial charge is 0.496 e. The minimum absolute atomic E-state index is 0.0292. The van der Waals surface area contributed by atoms with Crippen LogP contribution in [0.25, 0.3) is 0 Å². The van der Waals surface area contributed by atoms with Crippen LogP contribution in [0.3, 0.4) is 0 Å². The van der Waals surface area contributed by atoms with Crippen LogP contribution in [-0.4, -0.2) is 22.3 Å². The molecule has 0 amide bonds. The lowest BCUT2D eigenvalue weighted by Crippen LogP contribution is -2.07. The smallest absolute Gasteiger partial charge is 0.244 e. The summed E-state index contributed by atoms with van der Waals surface area (Å²) in [6.07, 6.45) is 1.46. The summed E-state index contributed by atoms with van der Waals surface area (Å²) in [6, 6.07) is 12.0. The van der Waals surface area contributed by atoms with Crippen LogP contribution in [0.1, 0.15) is 5.56 Å². The highest BCUT2D eigenvalue weighted by Crippen LogP contribution is 2.22. The maximum absolute atomic E-state index is 13.2. The highest BCUT2D eigenvalue weighted by Gasteiger charge is 2.06. The second-order valence-corrected chi connectivity index (χ2v) is 5.49. The molecule has 0 fully saturated rings. The third kappa shape index (κ3) is 4.33. The van der Waals surface area contributed by atoms with Crippen LogP contribution >= 0.6 is 11.6 Å². The highest BCUT2D eigenvalue weighted by molar-refractivity contribution is 6.31. The van der Waals surface area contributed by atoms with E-state index in [0.29, 0.717) is 24.0 Å². The van der Waals surface area contributed by atoms with Crippen LogP contribution in [0.4, 0.5) is 21.8 Å². The molecular formula is C17H15ClFN5O. The Morgan fingerprint density at radius 1 is 1.20 bits per heavy atom. The summed E-state index contributed by atoms with van der Waals surface area (Å²) in [4.78, 5) is 4.32. The Morgan fingerprint density at radius 2 is 2.04 bits per heavy atom. The fraction of sp³-hybridized carbons (Fsp3) is 0.118. The van der Waals surface area contributed by atoms with Crippen molar-refractivity contribution in [2.45, 2.75) is 6.54 Å². The molecule has 0 saturated carbocycles. The van der Waals surface area contributed by atoms with E-state index in [0.717, 1.165) is 11.3 Å². The Labute approximate surface area is 149 Å². The van der Waals surface area contributed by atoms with Crippen molar-refractivity contribution in [2.75, 3.05) is 17.7 Å². The van der Waals surface area contributed by atoms with Gasteiger partial charge in [0.2, 0.25) is 5.95 Å². The molecule has 0 saturated heterocycles. The monoisotopic (exact) mass is 359 g/mol. The topological polar surface area (TPSA) is 72.0 Å². The quantitative estimate of drug-likeness (QED) is 0.692. The lowest BCUT2D eigenvalue weighted by atomic mass is 10.2. The molecule has 1 aromatic heterocycles. The normalized spacial score (nSPS) is 10.4. The fourth-order valence-corrected chi connectivity index (χ4v) is 2.36. The van der Waals surface area contributed by atoms with Crippen LogP contribution in [0.2, 0.25) is 5.02 Å². The van der Waals surface area contributed by atoms with E-state index in [1.165, 1.54) is 18.3 Å². The van der Waals surface area contributed by atoms with Gasteiger partial charge >= 0.3 is 0 Å². The summed E-state index contributed by atoms with van der Waals surface area (Å²) in [5, 5.41) is 14.0. The number of para-hydroxylation sites is 1. The molecule has 3 aromatic rings. The Hall–Kier alpha value is -2.93. The summed E-state index contributed by atoms with van der Waals surface area (Å²) in [5.74, 6) is 1.11. The average molecular weight is 360 g/mol. The number of methoxy groups -OCH3 is 1. The predicted octanol–water partition coefficient (Wildman–Crippen LogP) is 4.03. The van der Waals surface area contributed by atoms with Crippen molar-refractivity contribution in [3.05, 3.63) is 65.1 Å². The van der Waals surface area contributed by atoms with Gasteiger partial charge in [0.05, 0.1) is 18.3 Å². The highest BCUT2D eigenvalue weighted by atomic mass is 35.5. The van der Waals surface area contributed by atoms with E-state index in [4.69, 9.17) is 16.3 Å². The molecule has 8 heteroatoms. The van der Waals surface area contributed by atoms with Crippen molar-refractivity contribution in [1.82, 2.24) is 15.2 Å². The molecule has 0 aliphatic rings. The number of aromatic nitrogens is 3. The minimum Gasteiger partial charge on any atom is -0.496 e. The van der Waals surface area contributed by atoms with Crippen molar-refractivity contribution < 1.29 is 9.13 Å². The first-order valence-corrected chi connectivity index (χ1v) is 7.81. The SMILES string of the molecule is COc1ccccc1CNc1nncc(Nc2ccc(F)c(Cl)c2)n1. The molecule has 2 aromatic carbocycles. The molecule has 0 spiro atoms. The molecular weight excluding hydrogens is 345 g/mol. The number of hydrogen-bond donors (Lipinski definition) is 2. The number of nitrogens with one attached hydrogen (secondary N) is 2. The molecule has 0 aliphatic heterocycles. The zero-order chi connectivity index (χ0) is 17.6. The Balaban J connectivity index is 1.70. The van der Waals surface area contributed by atoms with Crippen molar-refractivity contribution in [1.29, 1.82) is 0 Å². The maximum atomic E-state index is 13.2. The van der Waals surface area contributed by atoms with Gasteiger partial charge in [0.25, 0.3) is 0 Å². The molecule has 6 nitrogen and oxygen atoms in total. The molecule has 0 atom stereocenters. The lowest BCUT2D eigenvalue weighted by molar-refractivity contribution is 0.410. The third-order valence-corrected chi connectivity index (χ3v) is 3.67. The zero-order valence-electron chi connectivity index (χ0n) is 13.3. The molecule has 0 bridgehead atoms. The Morgan fingerprint density at radius 3 is 2.84 bits per heavy atom. The molecule has 0 unspecified atom stereocenters. The van der Waals surface area contributed by atoms with E-state index in [1.807, 2.05) is 24.3 Å². The van der Waals surface area contributed by atoms with Gasteiger partial charge < -0.3 is 15.4 Å². The number of ether oxygens (including phenoxy) is 1. The van der Waals surface area contributed by atoms with Crippen LogP contribution < -0.4 is 15.4 Å². The van der Waals surface area contributed by atoms with Crippen molar-refractivity contribution >= 4 is 29.1 Å². The van der Waals surface area contributed by atoms with Crippen molar-refractivity contribution in [3.63, 3.8) is 0 Å². The van der Waals surface area contributed by atoms with Crippen LogP contribution in [0, 0.1) is 5.82 Å². The van der Waals surface area contributed by atoms with Crippen molar-refractivity contribution in [2.24, 2.45) is 0 Å². The summed E-state index contributed by atoms with van der Waals surface area (Å²) >= 11 is 5.77. The summed E-state index contributed by atoms with van der Waals surface area (Å²) in [5.41, 5.74) is 1.57. The standard InChI is InChI=1S/C17H15ClFN5O/c1-25-15-5-3-2-4-11(15)9-20-17-23-16(10-21-24-17)22-12-6-7-14(19)13(18)8-12/h2-8,10H,9H2,1H3,(H2,20,22,23,24). The van der Waals surface area contributed by atoms with Gasteiger partial charge in [-0.25, -0.2) is 4.39 Å². The van der Waals surface area contributed by atoms with Gasteiger partial charge in [-0.1, -0.05) is 29.8 Å². The van der Waals surface area contributed by atoms with Gasteiger partial charge in [-0.2, -0.15) is 10.1 Å². The number of halogens is 2. The van der Waals surface area contributed by atoms with Crippen LogP contribution in [0.15, 0.2) is 48.7 Å². The fourth-order valence-electron chi connectivity index (χ4n) is 2.18.